The van der Waals surface area contributed by atoms with E-state index in [1.807, 2.05) is 0 Å². The number of ether oxygens (including phenoxy) is 2. The standard InChI is InChI=1S/C23H25F3N2O7/c1-11-8-15-18(14(27-28-15)7-4-12-2-5-13(6-3-12)23(24,25)26)16(9-11)35-22(33)20(31)19(30)17(10-29)34-21(22)32/h2-3,5-6,8-9,17,19-21,29-33H,4,7,10H2,1H3,(H,27,28)/t17-,19-,20+,21+,22+/m1/s1. The van der Waals surface area contributed by atoms with Crippen LogP contribution in [-0.2, 0) is 23.8 Å². The van der Waals surface area contributed by atoms with Crippen LogP contribution in [0.15, 0.2) is 36.4 Å². The third-order valence-electron chi connectivity index (χ3n) is 6.02. The number of rotatable bonds is 6. The fourth-order valence-electron chi connectivity index (χ4n) is 4.08. The molecule has 0 saturated carbocycles. The van der Waals surface area contributed by atoms with E-state index in [1.165, 1.54) is 18.2 Å². The minimum Gasteiger partial charge on any atom is -0.453 e. The van der Waals surface area contributed by atoms with E-state index in [2.05, 4.69) is 10.2 Å². The van der Waals surface area contributed by atoms with Crippen LogP contribution in [0.4, 0.5) is 13.2 Å². The van der Waals surface area contributed by atoms with E-state index in [9.17, 15) is 38.7 Å². The third-order valence-corrected chi connectivity index (χ3v) is 6.02. The number of benzene rings is 2. The molecule has 1 aliphatic heterocycles. The minimum absolute atomic E-state index is 0.0232. The van der Waals surface area contributed by atoms with Crippen molar-refractivity contribution in [3.8, 4) is 5.75 Å². The van der Waals surface area contributed by atoms with E-state index in [0.29, 0.717) is 40.6 Å². The number of aliphatic hydroxyl groups excluding tert-OH is 4. The van der Waals surface area contributed by atoms with Gasteiger partial charge < -0.3 is 35.0 Å². The summed E-state index contributed by atoms with van der Waals surface area (Å²) in [6, 6.07) is 8.05. The average molecular weight is 498 g/mol. The number of nitrogens with zero attached hydrogens (tertiary/aromatic N) is 1. The van der Waals surface area contributed by atoms with Gasteiger partial charge in [0.1, 0.15) is 18.0 Å². The van der Waals surface area contributed by atoms with Crippen molar-refractivity contribution in [2.45, 2.75) is 56.3 Å². The molecule has 1 aliphatic rings. The smallest absolute Gasteiger partial charge is 0.416 e. The van der Waals surface area contributed by atoms with E-state index >= 15 is 0 Å². The first-order valence-corrected chi connectivity index (χ1v) is 10.8. The Morgan fingerprint density at radius 1 is 1.11 bits per heavy atom. The fraction of sp³-hybridized carbons (Fsp3) is 0.435. The van der Waals surface area contributed by atoms with Crippen molar-refractivity contribution in [3.63, 3.8) is 0 Å². The maximum Gasteiger partial charge on any atom is 0.416 e. The lowest BCUT2D eigenvalue weighted by Gasteiger charge is -2.45. The maximum atomic E-state index is 12.8. The molecule has 0 unspecified atom stereocenters. The molecule has 4 rings (SSSR count). The molecule has 190 valence electrons. The van der Waals surface area contributed by atoms with Gasteiger partial charge in [0.05, 0.1) is 28.8 Å². The van der Waals surface area contributed by atoms with Crippen LogP contribution < -0.4 is 4.74 Å². The molecule has 0 bridgehead atoms. The molecule has 1 aromatic heterocycles. The highest BCUT2D eigenvalue weighted by atomic mass is 19.4. The Labute approximate surface area is 197 Å². The molecule has 6 N–H and O–H groups in total. The monoisotopic (exact) mass is 498 g/mol. The molecule has 2 aromatic carbocycles. The Balaban J connectivity index is 1.62. The van der Waals surface area contributed by atoms with Gasteiger partial charge in [-0.3, -0.25) is 5.10 Å². The van der Waals surface area contributed by atoms with Crippen LogP contribution in [0.1, 0.15) is 22.4 Å². The van der Waals surface area contributed by atoms with Crippen molar-refractivity contribution in [2.75, 3.05) is 6.61 Å². The van der Waals surface area contributed by atoms with Crippen molar-refractivity contribution < 1.29 is 48.2 Å². The van der Waals surface area contributed by atoms with E-state index in [1.54, 1.807) is 13.0 Å². The summed E-state index contributed by atoms with van der Waals surface area (Å²) in [6.07, 6.45) is -11.0. The Bertz CT molecular complexity index is 1180. The summed E-state index contributed by atoms with van der Waals surface area (Å²) in [4.78, 5) is 0. The first-order valence-electron chi connectivity index (χ1n) is 10.8. The van der Waals surface area contributed by atoms with Crippen LogP contribution >= 0.6 is 0 Å². The lowest BCUT2D eigenvalue weighted by molar-refractivity contribution is -0.385. The molecule has 0 radical (unpaired) electrons. The highest BCUT2D eigenvalue weighted by Crippen LogP contribution is 2.37. The van der Waals surface area contributed by atoms with Gasteiger partial charge >= 0.3 is 6.18 Å². The lowest BCUT2D eigenvalue weighted by atomic mass is 9.95. The van der Waals surface area contributed by atoms with Gasteiger partial charge in [0.15, 0.2) is 6.10 Å². The first kappa shape index (κ1) is 25.4. The second-order valence-electron chi connectivity index (χ2n) is 8.55. The number of hydrogen-bond donors (Lipinski definition) is 6. The van der Waals surface area contributed by atoms with Crippen LogP contribution in [0, 0.1) is 6.92 Å². The van der Waals surface area contributed by atoms with Crippen LogP contribution in [0.2, 0.25) is 0 Å². The summed E-state index contributed by atoms with van der Waals surface area (Å²) in [5.41, 5.74) is 1.56. The quantitative estimate of drug-likeness (QED) is 0.278. The summed E-state index contributed by atoms with van der Waals surface area (Å²) in [7, 11) is 0. The Hall–Kier alpha value is -2.74. The molecule has 2 heterocycles. The number of nitrogens with one attached hydrogen (secondary N) is 1. The first-order chi connectivity index (χ1) is 16.4. The number of aliphatic hydroxyl groups is 5. The Kier molecular flexibility index (Phi) is 6.79. The second kappa shape index (κ2) is 9.37. The molecule has 0 amide bonds. The molecule has 35 heavy (non-hydrogen) atoms. The van der Waals surface area contributed by atoms with Crippen LogP contribution in [0.3, 0.4) is 0 Å². The van der Waals surface area contributed by atoms with Gasteiger partial charge in [-0.05, 0) is 55.2 Å². The van der Waals surface area contributed by atoms with Crippen molar-refractivity contribution in [2.24, 2.45) is 0 Å². The zero-order valence-electron chi connectivity index (χ0n) is 18.5. The number of aryl methyl sites for hydroxylation is 3. The molecule has 0 aliphatic carbocycles. The summed E-state index contributed by atoms with van der Waals surface area (Å²) >= 11 is 0. The minimum atomic E-state index is -4.43. The number of hydrogen-bond acceptors (Lipinski definition) is 8. The maximum absolute atomic E-state index is 12.8. The largest absolute Gasteiger partial charge is 0.453 e. The number of alkyl halides is 3. The third kappa shape index (κ3) is 4.85. The molecule has 1 saturated heterocycles. The number of halogens is 3. The Morgan fingerprint density at radius 2 is 1.80 bits per heavy atom. The number of aromatic nitrogens is 2. The highest BCUT2D eigenvalue weighted by molar-refractivity contribution is 5.88. The molecule has 9 nitrogen and oxygen atoms in total. The zero-order valence-corrected chi connectivity index (χ0v) is 18.5. The van der Waals surface area contributed by atoms with Gasteiger partial charge in [0, 0.05) is 0 Å². The number of aromatic amines is 1. The molecule has 12 heteroatoms. The van der Waals surface area contributed by atoms with Crippen LogP contribution in [-0.4, -0.2) is 72.7 Å². The van der Waals surface area contributed by atoms with Crippen molar-refractivity contribution in [1.29, 1.82) is 0 Å². The van der Waals surface area contributed by atoms with Crippen LogP contribution in [0.25, 0.3) is 10.9 Å². The number of fused-ring (bicyclic) bond motifs is 1. The van der Waals surface area contributed by atoms with E-state index in [0.717, 1.165) is 12.1 Å². The Morgan fingerprint density at radius 3 is 2.43 bits per heavy atom. The fourth-order valence-corrected chi connectivity index (χ4v) is 4.08. The lowest BCUT2D eigenvalue weighted by Crippen LogP contribution is -2.69. The predicted molar refractivity (Wildman–Crippen MR) is 115 cm³/mol. The normalized spacial score (nSPS) is 27.3. The molecule has 3 aromatic rings. The van der Waals surface area contributed by atoms with E-state index in [4.69, 9.17) is 9.47 Å². The summed E-state index contributed by atoms with van der Waals surface area (Å²) in [6.45, 7) is 1.02. The highest BCUT2D eigenvalue weighted by Gasteiger charge is 2.57. The second-order valence-corrected chi connectivity index (χ2v) is 8.55. The van der Waals surface area contributed by atoms with Gasteiger partial charge in [-0.2, -0.15) is 18.3 Å². The summed E-state index contributed by atoms with van der Waals surface area (Å²) in [5, 5.41) is 58.6. The molecule has 5 atom stereocenters. The summed E-state index contributed by atoms with van der Waals surface area (Å²) < 4.78 is 49.1. The molecule has 0 spiro atoms. The van der Waals surface area contributed by atoms with Gasteiger partial charge in [-0.25, -0.2) is 0 Å². The molecular weight excluding hydrogens is 473 g/mol. The van der Waals surface area contributed by atoms with Gasteiger partial charge in [0.25, 0.3) is 5.79 Å². The van der Waals surface area contributed by atoms with Crippen LogP contribution in [0.5, 0.6) is 5.75 Å². The van der Waals surface area contributed by atoms with E-state index < -0.39 is 48.7 Å². The van der Waals surface area contributed by atoms with Crippen molar-refractivity contribution >= 4 is 10.9 Å². The number of H-pyrrole nitrogens is 1. The van der Waals surface area contributed by atoms with Gasteiger partial charge in [-0.1, -0.05) is 12.1 Å². The zero-order chi connectivity index (χ0) is 25.5. The SMILES string of the molecule is Cc1cc(O[C@]2(O)[C@@H](O)O[C@H](CO)[C@@H](O)[C@@H]2O)c2c(CCc3ccc(C(F)(F)F)cc3)n[nH]c2c1. The predicted octanol–water partition coefficient (Wildman–Crippen LogP) is 1.17. The molecule has 1 fully saturated rings. The van der Waals surface area contributed by atoms with Crippen molar-refractivity contribution in [1.82, 2.24) is 10.2 Å². The average Bonchev–Trinajstić information content (AvgIpc) is 3.21. The topological polar surface area (TPSA) is 148 Å². The summed E-state index contributed by atoms with van der Waals surface area (Å²) in [5.74, 6) is -2.75. The van der Waals surface area contributed by atoms with Gasteiger partial charge in [-0.15, -0.1) is 0 Å². The van der Waals surface area contributed by atoms with E-state index in [-0.39, 0.29) is 5.75 Å². The molecular formula is C23H25F3N2O7. The van der Waals surface area contributed by atoms with Gasteiger partial charge in [0.2, 0.25) is 6.29 Å². The van der Waals surface area contributed by atoms with Crippen molar-refractivity contribution in [3.05, 3.63) is 58.8 Å².